The lowest BCUT2D eigenvalue weighted by Crippen LogP contribution is -2.50. The van der Waals surface area contributed by atoms with Crippen LogP contribution in [0.25, 0.3) is 10.9 Å². The molecule has 1 N–H and O–H groups in total. The summed E-state index contributed by atoms with van der Waals surface area (Å²) in [4.78, 5) is 16.9. The molecular formula is C17H23N3O2. The molecule has 3 rings (SSSR count). The van der Waals surface area contributed by atoms with E-state index in [1.165, 1.54) is 0 Å². The summed E-state index contributed by atoms with van der Waals surface area (Å²) in [7, 11) is 1.97. The van der Waals surface area contributed by atoms with E-state index in [2.05, 4.69) is 4.90 Å². The third-order valence-corrected chi connectivity index (χ3v) is 4.31. The smallest absolute Gasteiger partial charge is 0.256 e. The Morgan fingerprint density at radius 1 is 1.23 bits per heavy atom. The van der Waals surface area contributed by atoms with Crippen LogP contribution in [-0.2, 0) is 7.05 Å². The number of nitrogens with zero attached hydrogens (tertiary/aromatic N) is 3. The topological polar surface area (TPSA) is 48.7 Å². The van der Waals surface area contributed by atoms with Crippen molar-refractivity contribution in [2.75, 3.05) is 32.7 Å². The van der Waals surface area contributed by atoms with Gasteiger partial charge in [-0.3, -0.25) is 9.69 Å². The van der Waals surface area contributed by atoms with Crippen molar-refractivity contribution in [1.82, 2.24) is 14.4 Å². The van der Waals surface area contributed by atoms with E-state index in [1.807, 2.05) is 47.0 Å². The van der Waals surface area contributed by atoms with Gasteiger partial charge in [0.05, 0.1) is 11.7 Å². The van der Waals surface area contributed by atoms with Gasteiger partial charge in [-0.25, -0.2) is 0 Å². The summed E-state index contributed by atoms with van der Waals surface area (Å²) >= 11 is 0. The van der Waals surface area contributed by atoms with E-state index in [4.69, 9.17) is 0 Å². The van der Waals surface area contributed by atoms with Gasteiger partial charge >= 0.3 is 0 Å². The van der Waals surface area contributed by atoms with Crippen molar-refractivity contribution in [3.05, 3.63) is 36.0 Å². The van der Waals surface area contributed by atoms with E-state index in [0.29, 0.717) is 6.54 Å². The molecule has 0 radical (unpaired) electrons. The van der Waals surface area contributed by atoms with Gasteiger partial charge in [-0.1, -0.05) is 18.2 Å². The summed E-state index contributed by atoms with van der Waals surface area (Å²) in [5, 5.41) is 10.5. The Morgan fingerprint density at radius 3 is 2.59 bits per heavy atom. The molecule has 1 saturated heterocycles. The minimum atomic E-state index is -0.319. The average molecular weight is 301 g/mol. The van der Waals surface area contributed by atoms with Gasteiger partial charge in [0.25, 0.3) is 5.91 Å². The molecule has 2 aromatic rings. The average Bonchev–Trinajstić information content (AvgIpc) is 2.84. The fourth-order valence-electron chi connectivity index (χ4n) is 3.19. The van der Waals surface area contributed by atoms with Crippen LogP contribution in [0.4, 0.5) is 0 Å². The number of hydrogen-bond acceptors (Lipinski definition) is 3. The van der Waals surface area contributed by atoms with Gasteiger partial charge in [0.1, 0.15) is 0 Å². The second-order valence-corrected chi connectivity index (χ2v) is 6.11. The predicted octanol–water partition coefficient (Wildman–Crippen LogP) is 1.32. The number of aliphatic hydroxyl groups excluding tert-OH is 1. The number of β-amino-alcohol motifs (C(OH)–C–C–N with tert-alkyl or cyclic N) is 1. The molecule has 1 amide bonds. The first kappa shape index (κ1) is 15.1. The zero-order valence-electron chi connectivity index (χ0n) is 13.2. The Hall–Kier alpha value is -1.85. The molecule has 1 aliphatic heterocycles. The van der Waals surface area contributed by atoms with Gasteiger partial charge in [-0.05, 0) is 13.0 Å². The predicted molar refractivity (Wildman–Crippen MR) is 86.9 cm³/mol. The SMILES string of the molecule is C[C@H](O)CN1CCN(C(=O)c2cn(C)c3ccccc23)CC1. The molecule has 1 aromatic heterocycles. The van der Waals surface area contributed by atoms with Gasteiger partial charge < -0.3 is 14.6 Å². The number of carbonyl (C=O) groups excluding carboxylic acids is 1. The van der Waals surface area contributed by atoms with Crippen LogP contribution in [0.5, 0.6) is 0 Å². The fraction of sp³-hybridized carbons (Fsp3) is 0.471. The summed E-state index contributed by atoms with van der Waals surface area (Å²) < 4.78 is 2.01. The van der Waals surface area contributed by atoms with Crippen molar-refractivity contribution in [2.45, 2.75) is 13.0 Å². The number of fused-ring (bicyclic) bond motifs is 1. The van der Waals surface area contributed by atoms with Gasteiger partial charge in [-0.15, -0.1) is 0 Å². The van der Waals surface area contributed by atoms with Crippen molar-refractivity contribution in [3.8, 4) is 0 Å². The molecule has 1 aliphatic rings. The highest BCUT2D eigenvalue weighted by Gasteiger charge is 2.24. The second-order valence-electron chi connectivity index (χ2n) is 6.11. The maximum absolute atomic E-state index is 12.8. The van der Waals surface area contributed by atoms with E-state index >= 15 is 0 Å². The zero-order valence-corrected chi connectivity index (χ0v) is 13.2. The monoisotopic (exact) mass is 301 g/mol. The Labute approximate surface area is 130 Å². The number of aliphatic hydroxyl groups is 1. The fourth-order valence-corrected chi connectivity index (χ4v) is 3.19. The number of para-hydroxylation sites is 1. The molecule has 118 valence electrons. The van der Waals surface area contributed by atoms with E-state index < -0.39 is 0 Å². The molecule has 1 aromatic carbocycles. The zero-order chi connectivity index (χ0) is 15.7. The number of piperazine rings is 1. The molecule has 0 unspecified atom stereocenters. The molecule has 5 heteroatoms. The number of carbonyl (C=O) groups is 1. The molecule has 1 fully saturated rings. The van der Waals surface area contributed by atoms with Crippen LogP contribution in [0.1, 0.15) is 17.3 Å². The highest BCUT2D eigenvalue weighted by molar-refractivity contribution is 6.07. The summed E-state index contributed by atoms with van der Waals surface area (Å²) in [5.74, 6) is 0.105. The number of aromatic nitrogens is 1. The van der Waals surface area contributed by atoms with E-state index in [0.717, 1.165) is 42.6 Å². The quantitative estimate of drug-likeness (QED) is 0.930. The molecule has 0 spiro atoms. The summed E-state index contributed by atoms with van der Waals surface area (Å²) in [6, 6.07) is 8.00. The number of rotatable bonds is 3. The van der Waals surface area contributed by atoms with Gasteiger partial charge in [0.15, 0.2) is 0 Å². The molecule has 1 atom stereocenters. The van der Waals surface area contributed by atoms with Crippen LogP contribution in [0.15, 0.2) is 30.5 Å². The largest absolute Gasteiger partial charge is 0.392 e. The van der Waals surface area contributed by atoms with Crippen LogP contribution in [-0.4, -0.2) is 64.2 Å². The van der Waals surface area contributed by atoms with Crippen molar-refractivity contribution < 1.29 is 9.90 Å². The first-order chi connectivity index (χ1) is 10.6. The Morgan fingerprint density at radius 2 is 1.91 bits per heavy atom. The third kappa shape index (κ3) is 2.87. The maximum atomic E-state index is 12.8. The van der Waals surface area contributed by atoms with E-state index in [9.17, 15) is 9.90 Å². The molecule has 22 heavy (non-hydrogen) atoms. The molecular weight excluding hydrogens is 278 g/mol. The first-order valence-corrected chi connectivity index (χ1v) is 7.80. The number of benzene rings is 1. The number of aryl methyl sites for hydroxylation is 1. The lowest BCUT2D eigenvalue weighted by atomic mass is 10.1. The summed E-state index contributed by atoms with van der Waals surface area (Å²) in [5.41, 5.74) is 1.86. The van der Waals surface area contributed by atoms with Gasteiger partial charge in [0, 0.05) is 56.9 Å². The van der Waals surface area contributed by atoms with Crippen LogP contribution in [0.3, 0.4) is 0 Å². The second kappa shape index (κ2) is 6.10. The van der Waals surface area contributed by atoms with Crippen LogP contribution < -0.4 is 0 Å². The van der Waals surface area contributed by atoms with E-state index in [1.54, 1.807) is 6.92 Å². The van der Waals surface area contributed by atoms with Crippen molar-refractivity contribution in [2.24, 2.45) is 7.05 Å². The Bertz CT molecular complexity index is 670. The Balaban J connectivity index is 1.74. The molecule has 0 saturated carbocycles. The highest BCUT2D eigenvalue weighted by Crippen LogP contribution is 2.22. The summed E-state index contributed by atoms with van der Waals surface area (Å²) in [6.45, 7) is 5.55. The minimum Gasteiger partial charge on any atom is -0.392 e. The Kier molecular flexibility index (Phi) is 4.18. The van der Waals surface area contributed by atoms with Crippen LogP contribution in [0.2, 0.25) is 0 Å². The number of amides is 1. The van der Waals surface area contributed by atoms with Crippen molar-refractivity contribution in [3.63, 3.8) is 0 Å². The number of hydrogen-bond donors (Lipinski definition) is 1. The van der Waals surface area contributed by atoms with Crippen molar-refractivity contribution >= 4 is 16.8 Å². The lowest BCUT2D eigenvalue weighted by molar-refractivity contribution is 0.0555. The molecule has 2 heterocycles. The minimum absolute atomic E-state index is 0.105. The van der Waals surface area contributed by atoms with Crippen molar-refractivity contribution in [1.29, 1.82) is 0 Å². The van der Waals surface area contributed by atoms with Gasteiger partial charge in [-0.2, -0.15) is 0 Å². The van der Waals surface area contributed by atoms with E-state index in [-0.39, 0.29) is 12.0 Å². The molecule has 5 nitrogen and oxygen atoms in total. The first-order valence-electron chi connectivity index (χ1n) is 7.80. The third-order valence-electron chi connectivity index (χ3n) is 4.31. The normalized spacial score (nSPS) is 17.9. The van der Waals surface area contributed by atoms with Crippen LogP contribution >= 0.6 is 0 Å². The molecule has 0 bridgehead atoms. The standard InChI is InChI=1S/C17H23N3O2/c1-13(21)11-19-7-9-20(10-8-19)17(22)15-12-18(2)16-6-4-3-5-14(15)16/h3-6,12-13,21H,7-11H2,1-2H3/t13-/m0/s1. The maximum Gasteiger partial charge on any atom is 0.256 e. The highest BCUT2D eigenvalue weighted by atomic mass is 16.3. The molecule has 0 aliphatic carbocycles. The lowest BCUT2D eigenvalue weighted by Gasteiger charge is -2.35. The van der Waals surface area contributed by atoms with Crippen LogP contribution in [0, 0.1) is 0 Å². The summed E-state index contributed by atoms with van der Waals surface area (Å²) in [6.07, 6.45) is 1.61. The van der Waals surface area contributed by atoms with Gasteiger partial charge in [0.2, 0.25) is 0 Å².